The highest BCUT2D eigenvalue weighted by Crippen LogP contribution is 2.41. The molecule has 3 aliphatic heterocycles. The molecule has 2 aromatic carbocycles. The van der Waals surface area contributed by atoms with Gasteiger partial charge in [0.05, 0.1) is 18.8 Å². The zero-order valence-electron chi connectivity index (χ0n) is 16.3. The molecule has 2 unspecified atom stereocenters. The van der Waals surface area contributed by atoms with Crippen LogP contribution in [0.2, 0.25) is 5.02 Å². The van der Waals surface area contributed by atoms with Gasteiger partial charge in [-0.25, -0.2) is 4.79 Å². The SMILES string of the molecule is NC1(CNC2(C3CNSc4ccccc4C3)NC(=O)Nc3ccc(Cl)cc32)COC1. The summed E-state index contributed by atoms with van der Waals surface area (Å²) in [4.78, 5) is 13.9. The van der Waals surface area contributed by atoms with Crippen LogP contribution < -0.4 is 26.4 Å². The highest BCUT2D eigenvalue weighted by molar-refractivity contribution is 7.97. The Hall–Kier alpha value is -1.81. The van der Waals surface area contributed by atoms with Crippen molar-refractivity contribution in [3.8, 4) is 0 Å². The van der Waals surface area contributed by atoms with Gasteiger partial charge < -0.3 is 21.1 Å². The van der Waals surface area contributed by atoms with Gasteiger partial charge in [0.15, 0.2) is 0 Å². The lowest BCUT2D eigenvalue weighted by atomic mass is 9.79. The van der Waals surface area contributed by atoms with E-state index < -0.39 is 11.2 Å². The van der Waals surface area contributed by atoms with E-state index in [9.17, 15) is 4.79 Å². The van der Waals surface area contributed by atoms with E-state index in [1.54, 1.807) is 18.0 Å². The molecule has 6 N–H and O–H groups in total. The number of anilines is 1. The number of rotatable bonds is 4. The van der Waals surface area contributed by atoms with Crippen molar-refractivity contribution in [2.24, 2.45) is 11.7 Å². The first kappa shape index (κ1) is 20.1. The molecule has 7 nitrogen and oxygen atoms in total. The third kappa shape index (κ3) is 3.57. The van der Waals surface area contributed by atoms with Crippen LogP contribution in [-0.4, -0.2) is 37.9 Å². The molecule has 0 spiro atoms. The number of ether oxygens (including phenoxy) is 1. The van der Waals surface area contributed by atoms with Gasteiger partial charge in [-0.05, 0) is 48.2 Å². The zero-order chi connectivity index (χ0) is 20.8. The third-order valence-corrected chi connectivity index (χ3v) is 7.19. The first-order valence-corrected chi connectivity index (χ1v) is 11.2. The Morgan fingerprint density at radius 3 is 2.90 bits per heavy atom. The first-order valence-electron chi connectivity index (χ1n) is 9.96. The summed E-state index contributed by atoms with van der Waals surface area (Å²) >= 11 is 8.01. The van der Waals surface area contributed by atoms with E-state index in [0.29, 0.717) is 31.3 Å². The normalized spacial score (nSPS) is 27.0. The van der Waals surface area contributed by atoms with Crippen molar-refractivity contribution in [3.05, 3.63) is 58.6 Å². The molecule has 1 fully saturated rings. The molecule has 0 radical (unpaired) electrons. The molecule has 5 rings (SSSR count). The quantitative estimate of drug-likeness (QED) is 0.463. The van der Waals surface area contributed by atoms with Gasteiger partial charge in [0.25, 0.3) is 0 Å². The minimum absolute atomic E-state index is 0.0153. The molecular weight excluding hydrogens is 422 g/mol. The maximum absolute atomic E-state index is 12.7. The fraction of sp³-hybridized carbons (Fsp3) is 0.381. The third-order valence-electron chi connectivity index (χ3n) is 6.03. The Kier molecular flexibility index (Phi) is 5.17. The number of fused-ring (bicyclic) bond motifs is 2. The zero-order valence-corrected chi connectivity index (χ0v) is 17.9. The Balaban J connectivity index is 1.59. The van der Waals surface area contributed by atoms with E-state index in [4.69, 9.17) is 22.1 Å². The molecule has 0 saturated carbocycles. The molecule has 0 aliphatic carbocycles. The lowest BCUT2D eigenvalue weighted by molar-refractivity contribution is -0.0578. The summed E-state index contributed by atoms with van der Waals surface area (Å²) in [5, 5.41) is 10.4. The average molecular weight is 446 g/mol. The van der Waals surface area contributed by atoms with Crippen molar-refractivity contribution in [1.82, 2.24) is 15.4 Å². The molecule has 0 aromatic heterocycles. The van der Waals surface area contributed by atoms with Crippen molar-refractivity contribution in [3.63, 3.8) is 0 Å². The maximum Gasteiger partial charge on any atom is 0.320 e. The van der Waals surface area contributed by atoms with Crippen LogP contribution in [-0.2, 0) is 16.8 Å². The summed E-state index contributed by atoms with van der Waals surface area (Å²) in [6.07, 6.45) is 0.781. The lowest BCUT2D eigenvalue weighted by Gasteiger charge is -2.48. The Morgan fingerprint density at radius 2 is 2.10 bits per heavy atom. The van der Waals surface area contributed by atoms with Gasteiger partial charge in [-0.3, -0.25) is 10.0 Å². The van der Waals surface area contributed by atoms with Gasteiger partial charge in [0.1, 0.15) is 5.66 Å². The number of halogens is 1. The van der Waals surface area contributed by atoms with Crippen molar-refractivity contribution >= 4 is 35.3 Å². The number of carbonyl (C=O) groups excluding carboxylic acids is 1. The van der Waals surface area contributed by atoms with Crippen LogP contribution in [0.3, 0.4) is 0 Å². The molecular formula is C21H24ClN5O2S. The van der Waals surface area contributed by atoms with E-state index in [-0.39, 0.29) is 11.9 Å². The van der Waals surface area contributed by atoms with Gasteiger partial charge >= 0.3 is 6.03 Å². The first-order chi connectivity index (χ1) is 14.5. The van der Waals surface area contributed by atoms with Gasteiger partial charge in [0, 0.05) is 40.2 Å². The molecule has 3 aliphatic rings. The Bertz CT molecular complexity index is 986. The van der Waals surface area contributed by atoms with Crippen molar-refractivity contribution in [1.29, 1.82) is 0 Å². The van der Waals surface area contributed by atoms with Crippen LogP contribution in [0, 0.1) is 5.92 Å². The smallest absolute Gasteiger partial charge is 0.320 e. The van der Waals surface area contributed by atoms with Crippen LogP contribution in [0.1, 0.15) is 11.1 Å². The van der Waals surface area contributed by atoms with Crippen LogP contribution in [0.25, 0.3) is 0 Å². The fourth-order valence-electron chi connectivity index (χ4n) is 4.38. The van der Waals surface area contributed by atoms with Gasteiger partial charge in [0.2, 0.25) is 0 Å². The largest absolute Gasteiger partial charge is 0.377 e. The predicted molar refractivity (Wildman–Crippen MR) is 119 cm³/mol. The summed E-state index contributed by atoms with van der Waals surface area (Å²) in [5.41, 5.74) is 8.05. The molecule has 2 aromatic rings. The maximum atomic E-state index is 12.7. The molecule has 158 valence electrons. The highest BCUT2D eigenvalue weighted by atomic mass is 35.5. The monoisotopic (exact) mass is 445 g/mol. The number of nitrogens with one attached hydrogen (secondary N) is 4. The van der Waals surface area contributed by atoms with Crippen LogP contribution in [0.15, 0.2) is 47.4 Å². The van der Waals surface area contributed by atoms with Crippen LogP contribution >= 0.6 is 23.5 Å². The molecule has 0 bridgehead atoms. The summed E-state index contributed by atoms with van der Waals surface area (Å²) in [7, 11) is 0. The minimum Gasteiger partial charge on any atom is -0.377 e. The van der Waals surface area contributed by atoms with Crippen LogP contribution in [0.5, 0.6) is 0 Å². The van der Waals surface area contributed by atoms with Gasteiger partial charge in [-0.1, -0.05) is 29.8 Å². The van der Waals surface area contributed by atoms with Gasteiger partial charge in [-0.15, -0.1) is 0 Å². The molecule has 1 saturated heterocycles. The minimum atomic E-state index is -0.838. The topological polar surface area (TPSA) is 100 Å². The summed E-state index contributed by atoms with van der Waals surface area (Å²) in [5.74, 6) is 0.0153. The molecule has 9 heteroatoms. The number of amides is 2. The number of nitrogens with two attached hydrogens (primary N) is 1. The second-order valence-corrected chi connectivity index (χ2v) is 9.61. The second-order valence-electron chi connectivity index (χ2n) is 8.25. The average Bonchev–Trinajstić information content (AvgIpc) is 2.94. The fourth-order valence-corrected chi connectivity index (χ4v) is 5.42. The lowest BCUT2D eigenvalue weighted by Crippen LogP contribution is -2.71. The summed E-state index contributed by atoms with van der Waals surface area (Å²) in [6, 6.07) is 13.7. The van der Waals surface area contributed by atoms with E-state index in [1.807, 2.05) is 24.3 Å². The van der Waals surface area contributed by atoms with Crippen molar-refractivity contribution < 1.29 is 9.53 Å². The van der Waals surface area contributed by atoms with E-state index >= 15 is 0 Å². The number of carbonyl (C=O) groups is 1. The van der Waals surface area contributed by atoms with E-state index in [1.165, 1.54) is 10.5 Å². The number of hydrogen-bond acceptors (Lipinski definition) is 6. The Labute approximate surface area is 184 Å². The van der Waals surface area contributed by atoms with Gasteiger partial charge in [-0.2, -0.15) is 0 Å². The summed E-state index contributed by atoms with van der Waals surface area (Å²) in [6.45, 7) is 2.18. The standard InChI is InChI=1S/C21H24ClN5O2S/c22-15-5-6-17-16(8-15)21(27-19(28)26-17,24-10-20(23)11-29-12-20)14-7-13-3-1-2-4-18(13)30-25-9-14/h1-6,8,14,24-25H,7,9-12,23H2,(H2,26,27,28). The molecule has 3 heterocycles. The number of urea groups is 1. The second kappa shape index (κ2) is 7.71. The summed E-state index contributed by atoms with van der Waals surface area (Å²) < 4.78 is 8.81. The van der Waals surface area contributed by atoms with Crippen molar-refractivity contribution in [2.45, 2.75) is 22.5 Å². The molecule has 2 atom stereocenters. The predicted octanol–water partition coefficient (Wildman–Crippen LogP) is 2.41. The number of benzene rings is 2. The number of hydrogen-bond donors (Lipinski definition) is 5. The van der Waals surface area contributed by atoms with E-state index in [2.05, 4.69) is 32.8 Å². The van der Waals surface area contributed by atoms with Crippen LogP contribution in [0.4, 0.5) is 10.5 Å². The molecule has 30 heavy (non-hydrogen) atoms. The van der Waals surface area contributed by atoms with E-state index in [0.717, 1.165) is 17.7 Å². The Morgan fingerprint density at radius 1 is 1.27 bits per heavy atom. The van der Waals surface area contributed by atoms with Crippen molar-refractivity contribution in [2.75, 3.05) is 31.6 Å². The molecule has 2 amide bonds. The highest BCUT2D eigenvalue weighted by Gasteiger charge is 2.48.